The monoisotopic (exact) mass is 398 g/mol. The van der Waals surface area contributed by atoms with Gasteiger partial charge in [0.15, 0.2) is 0 Å². The van der Waals surface area contributed by atoms with Gasteiger partial charge in [-0.25, -0.2) is 0 Å². The molecule has 2 aromatic carbocycles. The zero-order chi connectivity index (χ0) is 20.5. The number of aliphatic hydroxyl groups is 4. The first kappa shape index (κ1) is 20.5. The van der Waals surface area contributed by atoms with Crippen LogP contribution in [0.3, 0.4) is 0 Å². The quantitative estimate of drug-likeness (QED) is 0.634. The zero-order valence-electron chi connectivity index (χ0n) is 16.7. The maximum Gasteiger partial charge on any atom is 0.113 e. The molecule has 1 aliphatic heterocycles. The summed E-state index contributed by atoms with van der Waals surface area (Å²) in [4.78, 5) is 0. The number of benzene rings is 2. The molecule has 0 spiro atoms. The summed E-state index contributed by atoms with van der Waals surface area (Å²) in [5.41, 5.74) is 5.82. The molecule has 0 aromatic heterocycles. The lowest BCUT2D eigenvalue weighted by Crippen LogP contribution is -2.55. The largest absolute Gasteiger partial charge is 0.394 e. The average Bonchev–Trinajstić information content (AvgIpc) is 2.77. The molecule has 2 aromatic rings. The van der Waals surface area contributed by atoms with Gasteiger partial charge >= 0.3 is 0 Å². The first-order valence-corrected chi connectivity index (χ1v) is 10.6. The minimum atomic E-state index is -1.36. The second-order valence-electron chi connectivity index (χ2n) is 8.20. The van der Waals surface area contributed by atoms with Gasteiger partial charge in [0.1, 0.15) is 30.5 Å². The molecular formula is C24H30O5. The number of aryl methyl sites for hydroxylation is 1. The standard InChI is InChI=1S/C24H30O5/c1-2-14-9-11-15(12-10-14)16-5-3-7-18-17(16)6-4-8-19(18)24-23(28)22(27)21(26)20(13-25)29-24/h4,6,8-12,16,20-28H,2-3,5,7,13H2,1H3. The lowest BCUT2D eigenvalue weighted by Gasteiger charge is -2.41. The molecule has 1 aliphatic carbocycles. The highest BCUT2D eigenvalue weighted by molar-refractivity contribution is 5.46. The van der Waals surface area contributed by atoms with Crippen LogP contribution < -0.4 is 0 Å². The topological polar surface area (TPSA) is 90.2 Å². The summed E-state index contributed by atoms with van der Waals surface area (Å²) in [5.74, 6) is 0.287. The number of ether oxygens (including phenoxy) is 1. The van der Waals surface area contributed by atoms with Gasteiger partial charge in [0.25, 0.3) is 0 Å². The smallest absolute Gasteiger partial charge is 0.113 e. The van der Waals surface area contributed by atoms with E-state index < -0.39 is 37.1 Å². The van der Waals surface area contributed by atoms with Gasteiger partial charge in [0, 0.05) is 5.92 Å². The molecule has 0 amide bonds. The summed E-state index contributed by atoms with van der Waals surface area (Å²) in [6.07, 6.45) is -1.62. The second-order valence-corrected chi connectivity index (χ2v) is 8.20. The zero-order valence-corrected chi connectivity index (χ0v) is 16.7. The summed E-state index contributed by atoms with van der Waals surface area (Å²) >= 11 is 0. The van der Waals surface area contributed by atoms with Crippen molar-refractivity contribution in [3.05, 3.63) is 70.3 Å². The SMILES string of the molecule is CCc1ccc(C2CCCc3c2cccc3C2OC(CO)C(O)C(O)C2O)cc1. The molecule has 1 fully saturated rings. The molecule has 4 rings (SSSR count). The van der Waals surface area contributed by atoms with E-state index in [1.54, 1.807) is 0 Å². The van der Waals surface area contributed by atoms with Crippen molar-refractivity contribution in [2.24, 2.45) is 0 Å². The highest BCUT2D eigenvalue weighted by atomic mass is 16.5. The Morgan fingerprint density at radius 2 is 1.66 bits per heavy atom. The molecule has 4 N–H and O–H groups in total. The highest BCUT2D eigenvalue weighted by Crippen LogP contribution is 2.42. The summed E-state index contributed by atoms with van der Waals surface area (Å²) in [7, 11) is 0. The Morgan fingerprint density at radius 1 is 0.931 bits per heavy atom. The van der Waals surface area contributed by atoms with Gasteiger partial charge < -0.3 is 25.2 Å². The number of hydrogen-bond donors (Lipinski definition) is 4. The number of aliphatic hydroxyl groups excluding tert-OH is 4. The van der Waals surface area contributed by atoms with E-state index in [1.807, 2.05) is 12.1 Å². The predicted molar refractivity (Wildman–Crippen MR) is 110 cm³/mol. The van der Waals surface area contributed by atoms with Crippen LogP contribution in [0.2, 0.25) is 0 Å². The van der Waals surface area contributed by atoms with E-state index in [9.17, 15) is 20.4 Å². The molecule has 5 nitrogen and oxygen atoms in total. The van der Waals surface area contributed by atoms with Crippen molar-refractivity contribution in [3.63, 3.8) is 0 Å². The van der Waals surface area contributed by atoms with Crippen molar-refractivity contribution >= 4 is 0 Å². The van der Waals surface area contributed by atoms with Crippen LogP contribution in [0.4, 0.5) is 0 Å². The summed E-state index contributed by atoms with van der Waals surface area (Å²) in [5, 5.41) is 40.4. The van der Waals surface area contributed by atoms with Crippen LogP contribution in [0.5, 0.6) is 0 Å². The summed E-state index contributed by atoms with van der Waals surface area (Å²) < 4.78 is 5.84. The second kappa shape index (κ2) is 8.54. The van der Waals surface area contributed by atoms with Crippen molar-refractivity contribution < 1.29 is 25.2 Å². The Bertz CT molecular complexity index is 832. The molecule has 0 bridgehead atoms. The molecule has 2 aliphatic rings. The Labute approximate surface area is 171 Å². The van der Waals surface area contributed by atoms with Crippen molar-refractivity contribution in [1.29, 1.82) is 0 Å². The number of rotatable bonds is 4. The van der Waals surface area contributed by atoms with E-state index in [1.165, 1.54) is 16.7 Å². The van der Waals surface area contributed by atoms with E-state index >= 15 is 0 Å². The number of fused-ring (bicyclic) bond motifs is 1. The highest BCUT2D eigenvalue weighted by Gasteiger charge is 2.45. The summed E-state index contributed by atoms with van der Waals surface area (Å²) in [6, 6.07) is 14.8. The van der Waals surface area contributed by atoms with Crippen LogP contribution >= 0.6 is 0 Å². The van der Waals surface area contributed by atoms with Gasteiger partial charge in [0.05, 0.1) is 6.61 Å². The van der Waals surface area contributed by atoms with Crippen molar-refractivity contribution in [2.75, 3.05) is 6.61 Å². The van der Waals surface area contributed by atoms with Crippen LogP contribution in [-0.2, 0) is 17.6 Å². The normalized spacial score (nSPS) is 32.0. The Kier molecular flexibility index (Phi) is 6.04. The van der Waals surface area contributed by atoms with Gasteiger partial charge in [-0.05, 0) is 53.5 Å². The predicted octanol–water partition coefficient (Wildman–Crippen LogP) is 2.23. The maximum absolute atomic E-state index is 10.6. The third-order valence-corrected chi connectivity index (χ3v) is 6.53. The lowest BCUT2D eigenvalue weighted by atomic mass is 9.75. The van der Waals surface area contributed by atoms with E-state index in [0.717, 1.165) is 36.8 Å². The van der Waals surface area contributed by atoms with Gasteiger partial charge in [-0.15, -0.1) is 0 Å². The van der Waals surface area contributed by atoms with Crippen molar-refractivity contribution in [2.45, 2.75) is 69.0 Å². The third-order valence-electron chi connectivity index (χ3n) is 6.53. The van der Waals surface area contributed by atoms with Gasteiger partial charge in [0.2, 0.25) is 0 Å². The van der Waals surface area contributed by atoms with E-state index in [0.29, 0.717) is 0 Å². The minimum Gasteiger partial charge on any atom is -0.394 e. The fourth-order valence-electron chi connectivity index (χ4n) is 4.83. The third kappa shape index (κ3) is 3.74. The fourth-order valence-corrected chi connectivity index (χ4v) is 4.83. The van der Waals surface area contributed by atoms with Crippen LogP contribution in [0.25, 0.3) is 0 Å². The lowest BCUT2D eigenvalue weighted by molar-refractivity contribution is -0.231. The van der Waals surface area contributed by atoms with E-state index in [4.69, 9.17) is 4.74 Å². The van der Waals surface area contributed by atoms with Crippen molar-refractivity contribution in [3.8, 4) is 0 Å². The Morgan fingerprint density at radius 3 is 2.34 bits per heavy atom. The molecule has 6 unspecified atom stereocenters. The fraction of sp³-hybridized carbons (Fsp3) is 0.500. The molecule has 0 radical (unpaired) electrons. The molecule has 156 valence electrons. The molecule has 5 heteroatoms. The molecular weight excluding hydrogens is 368 g/mol. The van der Waals surface area contributed by atoms with Crippen molar-refractivity contribution in [1.82, 2.24) is 0 Å². The van der Waals surface area contributed by atoms with Crippen LogP contribution in [-0.4, -0.2) is 51.4 Å². The van der Waals surface area contributed by atoms with E-state index in [-0.39, 0.29) is 5.92 Å². The maximum atomic E-state index is 10.6. The van der Waals surface area contributed by atoms with Crippen LogP contribution in [0.15, 0.2) is 42.5 Å². The Balaban J connectivity index is 1.70. The number of hydrogen-bond acceptors (Lipinski definition) is 5. The molecule has 0 saturated carbocycles. The van der Waals surface area contributed by atoms with E-state index in [2.05, 4.69) is 37.3 Å². The first-order valence-electron chi connectivity index (χ1n) is 10.6. The molecule has 29 heavy (non-hydrogen) atoms. The van der Waals surface area contributed by atoms with Gasteiger partial charge in [-0.2, -0.15) is 0 Å². The minimum absolute atomic E-state index is 0.287. The average molecular weight is 398 g/mol. The molecule has 1 saturated heterocycles. The molecule has 6 atom stereocenters. The van der Waals surface area contributed by atoms with Crippen LogP contribution in [0, 0.1) is 0 Å². The first-order chi connectivity index (χ1) is 14.0. The Hall–Kier alpha value is -1.76. The molecule has 1 heterocycles. The van der Waals surface area contributed by atoms with Crippen LogP contribution in [0.1, 0.15) is 59.6 Å². The van der Waals surface area contributed by atoms with Gasteiger partial charge in [-0.3, -0.25) is 0 Å². The summed E-state index contributed by atoms with van der Waals surface area (Å²) in [6.45, 7) is 1.74. The van der Waals surface area contributed by atoms with Gasteiger partial charge in [-0.1, -0.05) is 49.4 Å².